The first kappa shape index (κ1) is 11.7. The van der Waals surface area contributed by atoms with Gasteiger partial charge in [-0.05, 0) is 48.4 Å². The number of hydrogen-bond donors (Lipinski definition) is 1. The van der Waals surface area contributed by atoms with Gasteiger partial charge in [-0.3, -0.25) is 0 Å². The summed E-state index contributed by atoms with van der Waals surface area (Å²) in [6, 6.07) is 0.0827. The molecule has 0 heterocycles. The second kappa shape index (κ2) is 5.50. The molecule has 0 aromatic rings. The Balaban J connectivity index is 2.57. The van der Waals surface area contributed by atoms with Crippen molar-refractivity contribution in [2.24, 2.45) is 10.9 Å². The van der Waals surface area contributed by atoms with Crippen molar-refractivity contribution in [1.82, 2.24) is 0 Å². The highest BCUT2D eigenvalue weighted by Crippen LogP contribution is 2.23. The summed E-state index contributed by atoms with van der Waals surface area (Å²) in [7, 11) is 0. The second-order valence-electron chi connectivity index (χ2n) is 3.43. The van der Waals surface area contributed by atoms with Gasteiger partial charge in [0.1, 0.15) is 6.61 Å². The van der Waals surface area contributed by atoms with Gasteiger partial charge >= 0.3 is 0 Å². The average Bonchev–Trinajstić information content (AvgIpc) is 2.09. The molecule has 14 heavy (non-hydrogen) atoms. The van der Waals surface area contributed by atoms with E-state index >= 15 is 0 Å². The summed E-state index contributed by atoms with van der Waals surface area (Å²) in [5.74, 6) is 0. The molecule has 0 saturated carbocycles. The van der Waals surface area contributed by atoms with Crippen molar-refractivity contribution < 1.29 is 4.84 Å². The van der Waals surface area contributed by atoms with Gasteiger partial charge in [-0.2, -0.15) is 0 Å². The van der Waals surface area contributed by atoms with E-state index in [1.807, 2.05) is 13.8 Å². The minimum absolute atomic E-state index is 0.0827. The maximum Gasteiger partial charge on any atom is 0.141 e. The maximum atomic E-state index is 5.94. The lowest BCUT2D eigenvalue weighted by atomic mass is 10.0. The number of allylic oxidation sites excluding steroid dienone is 2. The molecule has 1 aliphatic rings. The number of nitrogens with two attached hydrogens (primary N) is 1. The molecule has 0 radical (unpaired) electrons. The van der Waals surface area contributed by atoms with Gasteiger partial charge in [0.05, 0.1) is 5.71 Å². The van der Waals surface area contributed by atoms with Crippen LogP contribution in [0.1, 0.15) is 20.3 Å². The molecule has 0 bridgehead atoms. The van der Waals surface area contributed by atoms with Crippen LogP contribution in [0.5, 0.6) is 0 Å². The van der Waals surface area contributed by atoms with E-state index in [2.05, 4.69) is 39.9 Å². The van der Waals surface area contributed by atoms with Crippen molar-refractivity contribution in [2.45, 2.75) is 26.3 Å². The normalized spacial score (nSPS) is 21.0. The Hall–Kier alpha value is -0.360. The van der Waals surface area contributed by atoms with E-state index in [-0.39, 0.29) is 6.04 Å². The van der Waals surface area contributed by atoms with Crippen molar-refractivity contribution in [1.29, 1.82) is 0 Å². The number of rotatable bonds is 3. The van der Waals surface area contributed by atoms with Crippen LogP contribution < -0.4 is 5.73 Å². The molecule has 1 aliphatic carbocycles. The summed E-state index contributed by atoms with van der Waals surface area (Å²) in [6.45, 7) is 4.30. The van der Waals surface area contributed by atoms with Crippen molar-refractivity contribution in [3.8, 4) is 0 Å². The predicted molar refractivity (Wildman–Crippen MR) is 67.5 cm³/mol. The molecule has 1 rings (SSSR count). The fourth-order valence-corrected chi connectivity index (χ4v) is 1.96. The summed E-state index contributed by atoms with van der Waals surface area (Å²) in [4.78, 5) is 5.19. The second-order valence-corrected chi connectivity index (χ2v) is 4.59. The summed E-state index contributed by atoms with van der Waals surface area (Å²) in [6.07, 6.45) is 5.05. The fourth-order valence-electron chi connectivity index (χ4n) is 1.15. The first-order valence-electron chi connectivity index (χ1n) is 4.55. The molecule has 0 saturated heterocycles. The van der Waals surface area contributed by atoms with E-state index in [1.165, 1.54) is 3.58 Å². The minimum Gasteiger partial charge on any atom is -0.391 e. The van der Waals surface area contributed by atoms with E-state index in [0.29, 0.717) is 6.61 Å². The third-order valence-electron chi connectivity index (χ3n) is 1.88. The highest BCUT2D eigenvalue weighted by atomic mass is 127. The molecule has 0 aromatic heterocycles. The standard InChI is InChI=1S/C10H15IN2O/c1-7(2)13-14-6-8-9(11)4-3-5-10(8)12/h3-4,10H,5-6,12H2,1-2H3. The predicted octanol–water partition coefficient (Wildman–Crippen LogP) is 2.38. The maximum absolute atomic E-state index is 5.94. The van der Waals surface area contributed by atoms with Crippen LogP contribution in [0.25, 0.3) is 0 Å². The van der Waals surface area contributed by atoms with E-state index in [9.17, 15) is 0 Å². The van der Waals surface area contributed by atoms with Gasteiger partial charge in [0, 0.05) is 9.62 Å². The van der Waals surface area contributed by atoms with Gasteiger partial charge in [-0.15, -0.1) is 0 Å². The number of nitrogens with zero attached hydrogens (tertiary/aromatic N) is 1. The Labute approximate surface area is 98.2 Å². The lowest BCUT2D eigenvalue weighted by Gasteiger charge is -2.18. The molecule has 0 aromatic carbocycles. The molecule has 4 heteroatoms. The Morgan fingerprint density at radius 2 is 2.43 bits per heavy atom. The molecule has 3 nitrogen and oxygen atoms in total. The first-order chi connectivity index (χ1) is 6.61. The van der Waals surface area contributed by atoms with Gasteiger partial charge in [-0.25, -0.2) is 0 Å². The van der Waals surface area contributed by atoms with Crippen LogP contribution >= 0.6 is 22.6 Å². The zero-order chi connectivity index (χ0) is 10.6. The van der Waals surface area contributed by atoms with Gasteiger partial charge < -0.3 is 10.6 Å². The first-order valence-corrected chi connectivity index (χ1v) is 5.63. The van der Waals surface area contributed by atoms with Crippen LogP contribution in [-0.4, -0.2) is 18.4 Å². The van der Waals surface area contributed by atoms with Crippen molar-refractivity contribution in [3.05, 3.63) is 21.3 Å². The van der Waals surface area contributed by atoms with Crippen LogP contribution in [0.15, 0.2) is 26.5 Å². The molecular weight excluding hydrogens is 291 g/mol. The highest BCUT2D eigenvalue weighted by Gasteiger charge is 2.15. The van der Waals surface area contributed by atoms with Crippen LogP contribution in [-0.2, 0) is 4.84 Å². The summed E-state index contributed by atoms with van der Waals surface area (Å²) in [5, 5.41) is 3.89. The smallest absolute Gasteiger partial charge is 0.141 e. The van der Waals surface area contributed by atoms with E-state index in [0.717, 1.165) is 17.7 Å². The van der Waals surface area contributed by atoms with Gasteiger partial charge in [-0.1, -0.05) is 17.3 Å². The molecule has 0 fully saturated rings. The van der Waals surface area contributed by atoms with Gasteiger partial charge in [0.25, 0.3) is 0 Å². The van der Waals surface area contributed by atoms with Crippen LogP contribution in [0, 0.1) is 0 Å². The van der Waals surface area contributed by atoms with Crippen molar-refractivity contribution in [2.75, 3.05) is 6.61 Å². The summed E-state index contributed by atoms with van der Waals surface area (Å²) >= 11 is 2.28. The van der Waals surface area contributed by atoms with E-state index in [4.69, 9.17) is 10.6 Å². The fraction of sp³-hybridized carbons (Fsp3) is 0.500. The third-order valence-corrected chi connectivity index (χ3v) is 2.93. The topological polar surface area (TPSA) is 47.6 Å². The lowest BCUT2D eigenvalue weighted by Crippen LogP contribution is -2.26. The number of oxime groups is 1. The SMILES string of the molecule is CC(C)=NOCC1=C(I)C=CCC1N. The zero-order valence-electron chi connectivity index (χ0n) is 8.46. The van der Waals surface area contributed by atoms with Crippen molar-refractivity contribution in [3.63, 3.8) is 0 Å². The summed E-state index contributed by atoms with van der Waals surface area (Å²) < 4.78 is 1.17. The molecule has 0 spiro atoms. The monoisotopic (exact) mass is 306 g/mol. The quantitative estimate of drug-likeness (QED) is 0.494. The highest BCUT2D eigenvalue weighted by molar-refractivity contribution is 14.1. The molecule has 0 amide bonds. The molecule has 78 valence electrons. The third kappa shape index (κ3) is 3.42. The van der Waals surface area contributed by atoms with Gasteiger partial charge in [0.2, 0.25) is 0 Å². The Bertz CT molecular complexity index is 290. The minimum atomic E-state index is 0.0827. The Morgan fingerprint density at radius 3 is 3.00 bits per heavy atom. The lowest BCUT2D eigenvalue weighted by molar-refractivity contribution is 0.163. The largest absolute Gasteiger partial charge is 0.391 e. The Morgan fingerprint density at radius 1 is 1.71 bits per heavy atom. The van der Waals surface area contributed by atoms with Gasteiger partial charge in [0.15, 0.2) is 0 Å². The zero-order valence-corrected chi connectivity index (χ0v) is 10.6. The molecule has 1 atom stereocenters. The Kier molecular flexibility index (Phi) is 4.60. The molecule has 1 unspecified atom stereocenters. The van der Waals surface area contributed by atoms with E-state index < -0.39 is 0 Å². The van der Waals surface area contributed by atoms with Crippen molar-refractivity contribution >= 4 is 28.3 Å². The molecule has 0 aliphatic heterocycles. The van der Waals surface area contributed by atoms with Crippen LogP contribution in [0.3, 0.4) is 0 Å². The van der Waals surface area contributed by atoms with Crippen LogP contribution in [0.2, 0.25) is 0 Å². The number of halogens is 1. The summed E-state index contributed by atoms with van der Waals surface area (Å²) in [5.41, 5.74) is 8.00. The van der Waals surface area contributed by atoms with E-state index in [1.54, 1.807) is 0 Å². The number of hydrogen-bond acceptors (Lipinski definition) is 3. The molecular formula is C10H15IN2O. The van der Waals surface area contributed by atoms with Crippen LogP contribution in [0.4, 0.5) is 0 Å². The average molecular weight is 306 g/mol. The molecule has 2 N–H and O–H groups in total.